The predicted octanol–water partition coefficient (Wildman–Crippen LogP) is -0.0208. The smallest absolute Gasteiger partial charge is 0.375 e. The third-order valence-electron chi connectivity index (χ3n) is 3.81. The van der Waals surface area contributed by atoms with E-state index < -0.39 is 5.76 Å². The topological polar surface area (TPSA) is 97.2 Å². The number of amides is 1. The number of aromatic amines is 1. The molecule has 3 atom stereocenters. The molecule has 0 saturated carbocycles. The summed E-state index contributed by atoms with van der Waals surface area (Å²) in [6, 6.07) is 0. The van der Waals surface area contributed by atoms with E-state index in [0.717, 1.165) is 25.7 Å². The van der Waals surface area contributed by atoms with E-state index in [2.05, 4.69) is 20.0 Å². The van der Waals surface area contributed by atoms with Crippen molar-refractivity contribution in [3.8, 4) is 0 Å². The number of hydrogen-bond acceptors (Lipinski definition) is 5. The van der Waals surface area contributed by atoms with Crippen LogP contribution in [0, 0.1) is 5.92 Å². The fourth-order valence-corrected chi connectivity index (χ4v) is 2.89. The molecule has 7 heteroatoms. The maximum absolute atomic E-state index is 12.0. The summed E-state index contributed by atoms with van der Waals surface area (Å²) in [6.45, 7) is 0.452. The van der Waals surface area contributed by atoms with E-state index in [0.29, 0.717) is 18.8 Å². The molecular formula is C12H17N3O4. The van der Waals surface area contributed by atoms with Gasteiger partial charge in [0.25, 0.3) is 0 Å². The van der Waals surface area contributed by atoms with Crippen LogP contribution in [0.2, 0.25) is 0 Å². The van der Waals surface area contributed by atoms with Crippen LogP contribution in [-0.4, -0.2) is 34.8 Å². The molecule has 2 bridgehead atoms. The molecule has 7 nitrogen and oxygen atoms in total. The molecule has 0 aromatic carbocycles. The van der Waals surface area contributed by atoms with E-state index >= 15 is 0 Å². The summed E-state index contributed by atoms with van der Waals surface area (Å²) in [7, 11) is 0. The first-order valence-corrected chi connectivity index (χ1v) is 6.69. The van der Waals surface area contributed by atoms with E-state index in [1.54, 1.807) is 0 Å². The van der Waals surface area contributed by atoms with E-state index in [9.17, 15) is 9.59 Å². The summed E-state index contributed by atoms with van der Waals surface area (Å²) < 4.78 is 10.1. The van der Waals surface area contributed by atoms with Crippen LogP contribution in [0.1, 0.15) is 31.5 Å². The average Bonchev–Trinajstić information content (AvgIpc) is 2.95. The lowest BCUT2D eigenvalue weighted by Gasteiger charge is -2.27. The average molecular weight is 267 g/mol. The second kappa shape index (κ2) is 5.16. The molecule has 2 aliphatic rings. The number of ether oxygens (including phenoxy) is 1. The number of H-pyrrole nitrogens is 1. The summed E-state index contributed by atoms with van der Waals surface area (Å²) in [5, 5.41) is 6.43. The highest BCUT2D eigenvalue weighted by Gasteiger charge is 2.37. The van der Waals surface area contributed by atoms with Crippen molar-refractivity contribution in [1.29, 1.82) is 0 Å². The molecule has 3 heterocycles. The highest BCUT2D eigenvalue weighted by Crippen LogP contribution is 2.35. The molecular weight excluding hydrogens is 250 g/mol. The van der Waals surface area contributed by atoms with Crippen LogP contribution in [0.5, 0.6) is 0 Å². The lowest BCUT2D eigenvalue weighted by Crippen LogP contribution is -2.38. The van der Waals surface area contributed by atoms with E-state index in [-0.39, 0.29) is 24.0 Å². The number of nitrogens with one attached hydrogen (secondary N) is 2. The van der Waals surface area contributed by atoms with Gasteiger partial charge in [0.2, 0.25) is 5.91 Å². The maximum atomic E-state index is 12.0. The molecule has 2 aliphatic heterocycles. The molecule has 104 valence electrons. The van der Waals surface area contributed by atoms with Crippen molar-refractivity contribution in [2.75, 3.05) is 6.54 Å². The number of carbonyl (C=O) groups is 1. The second-order valence-corrected chi connectivity index (χ2v) is 5.21. The standard InChI is InChI=1S/C12H17N3O4/c16-11(7-5-8-1-2-9(6-7)18-8)13-4-3-10-14-12(17)19-15-10/h7-9H,1-6H2,(H,13,16)(H,14,15,17)/t7?,8-,9+. The van der Waals surface area contributed by atoms with Gasteiger partial charge in [-0.05, 0) is 25.7 Å². The Labute approximate surface area is 109 Å². The molecule has 3 rings (SSSR count). The Bertz CT molecular complexity index is 497. The summed E-state index contributed by atoms with van der Waals surface area (Å²) in [5.41, 5.74) is 0. The predicted molar refractivity (Wildman–Crippen MR) is 64.5 cm³/mol. The molecule has 0 aliphatic carbocycles. The largest absolute Gasteiger partial charge is 0.438 e. The van der Waals surface area contributed by atoms with Gasteiger partial charge in [-0.2, -0.15) is 0 Å². The summed E-state index contributed by atoms with van der Waals surface area (Å²) >= 11 is 0. The van der Waals surface area contributed by atoms with Crippen LogP contribution in [0.3, 0.4) is 0 Å². The van der Waals surface area contributed by atoms with Gasteiger partial charge in [0.15, 0.2) is 5.82 Å². The third kappa shape index (κ3) is 2.86. The zero-order valence-electron chi connectivity index (χ0n) is 10.6. The van der Waals surface area contributed by atoms with Gasteiger partial charge in [-0.1, -0.05) is 5.16 Å². The van der Waals surface area contributed by atoms with E-state index in [1.165, 1.54) is 0 Å². The first-order valence-electron chi connectivity index (χ1n) is 6.69. The number of fused-ring (bicyclic) bond motifs is 2. The molecule has 1 amide bonds. The Morgan fingerprint density at radius 3 is 2.74 bits per heavy atom. The van der Waals surface area contributed by atoms with Gasteiger partial charge in [0.1, 0.15) is 0 Å². The Morgan fingerprint density at radius 1 is 1.37 bits per heavy atom. The van der Waals surface area contributed by atoms with Crippen molar-refractivity contribution in [3.05, 3.63) is 16.4 Å². The van der Waals surface area contributed by atoms with Gasteiger partial charge in [0.05, 0.1) is 12.2 Å². The van der Waals surface area contributed by atoms with Crippen LogP contribution < -0.4 is 11.1 Å². The molecule has 0 radical (unpaired) electrons. The van der Waals surface area contributed by atoms with Gasteiger partial charge in [-0.25, -0.2) is 4.79 Å². The molecule has 1 aromatic rings. The summed E-state index contributed by atoms with van der Waals surface area (Å²) in [6.07, 6.45) is 4.80. The molecule has 2 N–H and O–H groups in total. The van der Waals surface area contributed by atoms with Crippen LogP contribution in [0.4, 0.5) is 0 Å². The minimum Gasteiger partial charge on any atom is -0.375 e. The lowest BCUT2D eigenvalue weighted by atomic mass is 9.95. The summed E-state index contributed by atoms with van der Waals surface area (Å²) in [5.74, 6) is 0.0216. The zero-order valence-corrected chi connectivity index (χ0v) is 10.6. The molecule has 1 unspecified atom stereocenters. The number of rotatable bonds is 4. The highest BCUT2D eigenvalue weighted by molar-refractivity contribution is 5.78. The maximum Gasteiger partial charge on any atom is 0.438 e. The van der Waals surface area contributed by atoms with Gasteiger partial charge >= 0.3 is 5.76 Å². The fourth-order valence-electron chi connectivity index (χ4n) is 2.89. The van der Waals surface area contributed by atoms with Crippen molar-refractivity contribution in [2.24, 2.45) is 5.92 Å². The van der Waals surface area contributed by atoms with Gasteiger partial charge in [0, 0.05) is 18.9 Å². The first kappa shape index (κ1) is 12.4. The number of aromatic nitrogens is 2. The molecule has 1 aromatic heterocycles. The normalized spacial score (nSPS) is 29.4. The Balaban J connectivity index is 1.45. The zero-order chi connectivity index (χ0) is 13.2. The molecule has 2 fully saturated rings. The van der Waals surface area contributed by atoms with Crippen LogP contribution >= 0.6 is 0 Å². The van der Waals surface area contributed by atoms with Crippen LogP contribution in [-0.2, 0) is 16.0 Å². The fraction of sp³-hybridized carbons (Fsp3) is 0.750. The number of nitrogens with zero attached hydrogens (tertiary/aromatic N) is 1. The van der Waals surface area contributed by atoms with Crippen LogP contribution in [0.15, 0.2) is 9.32 Å². The van der Waals surface area contributed by atoms with Gasteiger partial charge in [-0.15, -0.1) is 0 Å². The minimum atomic E-state index is -0.567. The Kier molecular flexibility index (Phi) is 3.37. The Hall–Kier alpha value is -1.63. The Morgan fingerprint density at radius 2 is 2.11 bits per heavy atom. The van der Waals surface area contributed by atoms with Crippen molar-refractivity contribution in [1.82, 2.24) is 15.5 Å². The molecule has 19 heavy (non-hydrogen) atoms. The molecule has 0 spiro atoms. The van der Waals surface area contributed by atoms with Gasteiger partial charge in [-0.3, -0.25) is 14.3 Å². The van der Waals surface area contributed by atoms with Crippen LogP contribution in [0.25, 0.3) is 0 Å². The van der Waals surface area contributed by atoms with Crippen molar-refractivity contribution in [3.63, 3.8) is 0 Å². The van der Waals surface area contributed by atoms with Crippen molar-refractivity contribution >= 4 is 5.91 Å². The minimum absolute atomic E-state index is 0.0580. The lowest BCUT2D eigenvalue weighted by molar-refractivity contribution is -0.130. The van der Waals surface area contributed by atoms with E-state index in [4.69, 9.17) is 4.74 Å². The monoisotopic (exact) mass is 267 g/mol. The van der Waals surface area contributed by atoms with Gasteiger partial charge < -0.3 is 10.1 Å². The van der Waals surface area contributed by atoms with Crippen molar-refractivity contribution in [2.45, 2.75) is 44.3 Å². The molecule has 2 saturated heterocycles. The second-order valence-electron chi connectivity index (χ2n) is 5.21. The quantitative estimate of drug-likeness (QED) is 0.799. The number of hydrogen-bond donors (Lipinski definition) is 2. The SMILES string of the molecule is O=C(NCCc1noc(=O)[nH]1)C1C[C@H]2CC[C@@H](C1)O2. The first-order chi connectivity index (χ1) is 9.20. The highest BCUT2D eigenvalue weighted by atomic mass is 16.5. The third-order valence-corrected chi connectivity index (χ3v) is 3.81. The van der Waals surface area contributed by atoms with Crippen molar-refractivity contribution < 1.29 is 14.1 Å². The summed E-state index contributed by atoms with van der Waals surface area (Å²) in [4.78, 5) is 25.2. The van der Waals surface area contributed by atoms with E-state index in [1.807, 2.05) is 0 Å². The number of carbonyl (C=O) groups excluding carboxylic acids is 1.